The topological polar surface area (TPSA) is 63.7 Å². The highest BCUT2D eigenvalue weighted by atomic mass is 16.5. The summed E-state index contributed by atoms with van der Waals surface area (Å²) in [5.74, 6) is 0.263. The van der Waals surface area contributed by atoms with Gasteiger partial charge in [0.25, 0.3) is 5.91 Å². The number of aromatic nitrogens is 1. The molecular weight excluding hydrogens is 270 g/mol. The Kier molecular flexibility index (Phi) is 6.43. The van der Waals surface area contributed by atoms with E-state index in [1.165, 1.54) is 0 Å². The normalized spacial score (nSPS) is 15.7. The Bertz CT molecular complexity index is 448. The van der Waals surface area contributed by atoms with Gasteiger partial charge in [0.2, 0.25) is 5.88 Å². The smallest absolute Gasteiger partial charge is 0.256 e. The zero-order chi connectivity index (χ0) is 14.9. The van der Waals surface area contributed by atoms with Crippen molar-refractivity contribution < 1.29 is 14.3 Å². The Morgan fingerprint density at radius 2 is 2.29 bits per heavy atom. The Hall–Kier alpha value is -1.66. The van der Waals surface area contributed by atoms with Gasteiger partial charge in [0.15, 0.2) is 0 Å². The number of nitrogens with one attached hydrogen (secondary N) is 1. The molecule has 0 spiro atoms. The van der Waals surface area contributed by atoms with Gasteiger partial charge in [0.1, 0.15) is 5.56 Å². The Morgan fingerprint density at radius 1 is 1.48 bits per heavy atom. The molecule has 1 aromatic rings. The molecule has 1 aromatic heterocycles. The molecule has 0 aliphatic carbocycles. The molecule has 6 nitrogen and oxygen atoms in total. The maximum Gasteiger partial charge on any atom is 0.256 e. The van der Waals surface area contributed by atoms with Crippen LogP contribution >= 0.6 is 0 Å². The number of pyridine rings is 1. The standard InChI is InChI=1S/C15H23N3O3/c1-2-21-15-13(5-3-6-17-15)14(19)16-7-4-8-18-9-11-20-12-10-18/h3,5-6H,2,4,7-12H2,1H3,(H,16,19). The monoisotopic (exact) mass is 293 g/mol. The molecule has 21 heavy (non-hydrogen) atoms. The van der Waals surface area contributed by atoms with Gasteiger partial charge >= 0.3 is 0 Å². The van der Waals surface area contributed by atoms with Crippen LogP contribution in [0.1, 0.15) is 23.7 Å². The van der Waals surface area contributed by atoms with E-state index in [0.717, 1.165) is 39.3 Å². The number of nitrogens with zero attached hydrogens (tertiary/aromatic N) is 2. The van der Waals surface area contributed by atoms with Gasteiger partial charge in [-0.15, -0.1) is 0 Å². The molecule has 0 saturated carbocycles. The zero-order valence-electron chi connectivity index (χ0n) is 12.5. The number of carbonyl (C=O) groups is 1. The number of amides is 1. The summed E-state index contributed by atoms with van der Waals surface area (Å²) in [6.45, 7) is 7.56. The summed E-state index contributed by atoms with van der Waals surface area (Å²) >= 11 is 0. The van der Waals surface area contributed by atoms with Crippen molar-refractivity contribution in [2.24, 2.45) is 0 Å². The summed E-state index contributed by atoms with van der Waals surface area (Å²) in [6, 6.07) is 3.47. The van der Waals surface area contributed by atoms with E-state index in [1.54, 1.807) is 18.3 Å². The third-order valence-electron chi connectivity index (χ3n) is 3.34. The van der Waals surface area contributed by atoms with Crippen molar-refractivity contribution in [2.45, 2.75) is 13.3 Å². The fourth-order valence-electron chi connectivity index (χ4n) is 2.24. The van der Waals surface area contributed by atoms with Crippen molar-refractivity contribution in [1.29, 1.82) is 0 Å². The Morgan fingerprint density at radius 3 is 3.05 bits per heavy atom. The second kappa shape index (κ2) is 8.59. The molecule has 2 heterocycles. The summed E-state index contributed by atoms with van der Waals surface area (Å²) in [4.78, 5) is 18.6. The number of carbonyl (C=O) groups excluding carboxylic acids is 1. The van der Waals surface area contributed by atoms with Crippen molar-refractivity contribution >= 4 is 5.91 Å². The summed E-state index contributed by atoms with van der Waals surface area (Å²) in [6.07, 6.45) is 2.55. The van der Waals surface area contributed by atoms with Gasteiger partial charge in [-0.1, -0.05) is 0 Å². The largest absolute Gasteiger partial charge is 0.477 e. The van der Waals surface area contributed by atoms with Crippen molar-refractivity contribution in [2.75, 3.05) is 46.0 Å². The van der Waals surface area contributed by atoms with Crippen LogP contribution in [0, 0.1) is 0 Å². The first-order chi connectivity index (χ1) is 10.3. The van der Waals surface area contributed by atoms with Crippen molar-refractivity contribution in [3.05, 3.63) is 23.9 Å². The van der Waals surface area contributed by atoms with E-state index < -0.39 is 0 Å². The minimum atomic E-state index is -0.131. The quantitative estimate of drug-likeness (QED) is 0.758. The van der Waals surface area contributed by atoms with E-state index in [4.69, 9.17) is 9.47 Å². The van der Waals surface area contributed by atoms with Crippen LogP contribution in [0.4, 0.5) is 0 Å². The van der Waals surface area contributed by atoms with Crippen molar-refractivity contribution in [3.8, 4) is 5.88 Å². The molecule has 1 aliphatic rings. The molecule has 1 fully saturated rings. The number of morpholine rings is 1. The van der Waals surface area contributed by atoms with Gasteiger partial charge < -0.3 is 14.8 Å². The maximum atomic E-state index is 12.1. The number of rotatable bonds is 7. The van der Waals surface area contributed by atoms with Crippen molar-refractivity contribution in [1.82, 2.24) is 15.2 Å². The minimum absolute atomic E-state index is 0.131. The lowest BCUT2D eigenvalue weighted by Gasteiger charge is -2.26. The minimum Gasteiger partial charge on any atom is -0.477 e. The maximum absolute atomic E-state index is 12.1. The highest BCUT2D eigenvalue weighted by molar-refractivity contribution is 5.96. The lowest BCUT2D eigenvalue weighted by atomic mass is 10.2. The third kappa shape index (κ3) is 4.99. The molecular formula is C15H23N3O3. The Balaban J connectivity index is 1.74. The van der Waals surface area contributed by atoms with Gasteiger partial charge in [-0.05, 0) is 32.0 Å². The molecule has 116 valence electrons. The number of hydrogen-bond acceptors (Lipinski definition) is 5. The summed E-state index contributed by atoms with van der Waals surface area (Å²) in [7, 11) is 0. The van der Waals surface area contributed by atoms with E-state index in [9.17, 15) is 4.79 Å². The van der Waals surface area contributed by atoms with Crippen LogP contribution in [0.3, 0.4) is 0 Å². The molecule has 0 unspecified atom stereocenters. The van der Waals surface area contributed by atoms with E-state index >= 15 is 0 Å². The molecule has 0 atom stereocenters. The second-order valence-corrected chi connectivity index (χ2v) is 4.85. The predicted molar refractivity (Wildman–Crippen MR) is 79.6 cm³/mol. The van der Waals surface area contributed by atoms with Crippen LogP contribution in [-0.4, -0.2) is 61.8 Å². The molecule has 0 bridgehead atoms. The van der Waals surface area contributed by atoms with Crippen LogP contribution < -0.4 is 10.1 Å². The highest BCUT2D eigenvalue weighted by Crippen LogP contribution is 2.13. The first kappa shape index (κ1) is 15.7. The molecule has 1 saturated heterocycles. The first-order valence-electron chi connectivity index (χ1n) is 7.47. The van der Waals surface area contributed by atoms with E-state index in [-0.39, 0.29) is 5.91 Å². The average molecular weight is 293 g/mol. The van der Waals surface area contributed by atoms with Crippen LogP contribution in [0.2, 0.25) is 0 Å². The molecule has 1 amide bonds. The number of hydrogen-bond donors (Lipinski definition) is 1. The molecule has 0 radical (unpaired) electrons. The Labute approximate surface area is 125 Å². The van der Waals surface area contributed by atoms with Crippen molar-refractivity contribution in [3.63, 3.8) is 0 Å². The fourth-order valence-corrected chi connectivity index (χ4v) is 2.24. The summed E-state index contributed by atoms with van der Waals surface area (Å²) in [5.41, 5.74) is 0.491. The van der Waals surface area contributed by atoms with E-state index in [1.807, 2.05) is 6.92 Å². The number of ether oxygens (including phenoxy) is 2. The molecule has 1 aliphatic heterocycles. The van der Waals surface area contributed by atoms with Gasteiger partial charge in [-0.3, -0.25) is 9.69 Å². The highest BCUT2D eigenvalue weighted by Gasteiger charge is 2.13. The first-order valence-corrected chi connectivity index (χ1v) is 7.47. The van der Waals surface area contributed by atoms with Crippen LogP contribution in [0.25, 0.3) is 0 Å². The third-order valence-corrected chi connectivity index (χ3v) is 3.34. The van der Waals surface area contributed by atoms with E-state index in [2.05, 4.69) is 15.2 Å². The molecule has 1 N–H and O–H groups in total. The average Bonchev–Trinajstić information content (AvgIpc) is 2.53. The predicted octanol–water partition coefficient (Wildman–Crippen LogP) is 0.932. The van der Waals surface area contributed by atoms with E-state index in [0.29, 0.717) is 24.6 Å². The molecule has 0 aromatic carbocycles. The van der Waals surface area contributed by atoms with Gasteiger partial charge in [0.05, 0.1) is 19.8 Å². The van der Waals surface area contributed by atoms with Gasteiger partial charge in [-0.25, -0.2) is 4.98 Å². The molecule has 6 heteroatoms. The summed E-state index contributed by atoms with van der Waals surface area (Å²) in [5, 5.41) is 2.92. The SMILES string of the molecule is CCOc1ncccc1C(=O)NCCCN1CCOCC1. The van der Waals surface area contributed by atoms with Crippen LogP contribution in [0.5, 0.6) is 5.88 Å². The molecule has 2 rings (SSSR count). The van der Waals surface area contributed by atoms with Gasteiger partial charge in [0, 0.05) is 25.8 Å². The zero-order valence-corrected chi connectivity index (χ0v) is 12.5. The lowest BCUT2D eigenvalue weighted by molar-refractivity contribution is 0.0374. The second-order valence-electron chi connectivity index (χ2n) is 4.85. The lowest BCUT2D eigenvalue weighted by Crippen LogP contribution is -2.38. The summed E-state index contributed by atoms with van der Waals surface area (Å²) < 4.78 is 10.7. The fraction of sp³-hybridized carbons (Fsp3) is 0.600. The van der Waals surface area contributed by atoms with Gasteiger partial charge in [-0.2, -0.15) is 0 Å². The van der Waals surface area contributed by atoms with Crippen LogP contribution in [-0.2, 0) is 4.74 Å². The van der Waals surface area contributed by atoms with Crippen LogP contribution in [0.15, 0.2) is 18.3 Å².